The number of aromatic nitrogens is 3. The number of anilines is 1. The Bertz CT molecular complexity index is 2140. The van der Waals surface area contributed by atoms with Gasteiger partial charge < -0.3 is 44.9 Å². The van der Waals surface area contributed by atoms with E-state index in [1.54, 1.807) is 10.7 Å². The highest BCUT2D eigenvalue weighted by Crippen LogP contribution is 2.52. The van der Waals surface area contributed by atoms with E-state index < -0.39 is 53.0 Å². The lowest BCUT2D eigenvalue weighted by Crippen LogP contribution is -2.59. The first-order valence-corrected chi connectivity index (χ1v) is 22.3. The maximum Gasteiger partial charge on any atom is 0.408 e. The lowest BCUT2D eigenvalue weighted by atomic mass is 9.85. The lowest BCUT2D eigenvalue weighted by Gasteiger charge is -2.35. The first-order chi connectivity index (χ1) is 29.6. The molecule has 5 fully saturated rings. The van der Waals surface area contributed by atoms with E-state index in [0.717, 1.165) is 32.5 Å². The van der Waals surface area contributed by atoms with Crippen molar-refractivity contribution in [2.75, 3.05) is 51.3 Å². The van der Waals surface area contributed by atoms with Crippen LogP contribution in [0.4, 0.5) is 10.6 Å². The number of likely N-dealkylation sites (tertiary alicyclic amines) is 1. The molecule has 3 aliphatic carbocycles. The van der Waals surface area contributed by atoms with Gasteiger partial charge in [-0.1, -0.05) is 34.1 Å². The first kappa shape index (κ1) is 43.5. The van der Waals surface area contributed by atoms with E-state index in [2.05, 4.69) is 20.9 Å². The van der Waals surface area contributed by atoms with Crippen molar-refractivity contribution in [3.8, 4) is 17.3 Å². The minimum absolute atomic E-state index is 0.00436. The largest absolute Gasteiger partial charge is 0.492 e. The predicted octanol–water partition coefficient (Wildman–Crippen LogP) is 4.61. The number of alkyl carbamates (subject to hydrolysis) is 1. The summed E-state index contributed by atoms with van der Waals surface area (Å²) in [5, 5.41) is 24.6. The average Bonchev–Trinajstić information content (AvgIpc) is 3.89. The third-order valence-electron chi connectivity index (χ3n) is 13.1. The number of benzene rings is 1. The van der Waals surface area contributed by atoms with E-state index in [0.29, 0.717) is 78.5 Å². The van der Waals surface area contributed by atoms with Crippen LogP contribution in [0.3, 0.4) is 0 Å². The zero-order valence-electron chi connectivity index (χ0n) is 36.7. The van der Waals surface area contributed by atoms with Crippen LogP contribution in [0, 0.1) is 23.2 Å². The Hall–Kier alpha value is -5.16. The van der Waals surface area contributed by atoms with Gasteiger partial charge in [0.05, 0.1) is 25.3 Å². The molecule has 17 nitrogen and oxygen atoms in total. The molecular weight excluding hydrogens is 797 g/mol. The Morgan fingerprint density at radius 1 is 1.02 bits per heavy atom. The van der Waals surface area contributed by atoms with Gasteiger partial charge in [0.25, 0.3) is 0 Å². The van der Waals surface area contributed by atoms with E-state index in [1.807, 2.05) is 72.0 Å². The lowest BCUT2D eigenvalue weighted by molar-refractivity contribution is -0.146. The van der Waals surface area contributed by atoms with Gasteiger partial charge in [0.1, 0.15) is 53.8 Å². The van der Waals surface area contributed by atoms with Gasteiger partial charge in [-0.3, -0.25) is 14.5 Å². The van der Waals surface area contributed by atoms with Crippen LogP contribution in [0.2, 0.25) is 0 Å². The number of carbonyl (C=O) groups excluding carboxylic acids is 3. The molecule has 0 bridgehead atoms. The third kappa shape index (κ3) is 9.58. The van der Waals surface area contributed by atoms with Crippen LogP contribution in [-0.4, -0.2) is 135 Å². The summed E-state index contributed by atoms with van der Waals surface area (Å²) in [7, 11) is 0. The van der Waals surface area contributed by atoms with Gasteiger partial charge in [0.15, 0.2) is 5.82 Å². The molecule has 0 spiro atoms. The van der Waals surface area contributed by atoms with Crippen molar-refractivity contribution >= 4 is 40.6 Å². The standard InChI is InChI=1S/C45H62N8O9/c1-7-29-24-45(29,42(56)57)49-40(54)35-22-32(25-52(35)41(55)39(44(4,5)6)48-43(58)62-31-19-27-18-28(27)20-31)61-36-23-38(53-11-10-37(50-53)46-26(2)3)47-34-21-30(8-9-33(34)36)60-17-14-51-12-15-59-16-13-51/h8-11,21,23,26-29,31-32,35,39H,7,12-20,22,24-25H2,1-6H3,(H,46,50)(H,48,58)(H,49,54)(H,56,57)/t27-,28?,29+,31?,32+,35-,39+,45+/m0/s1. The van der Waals surface area contributed by atoms with Crippen molar-refractivity contribution in [2.45, 2.75) is 116 Å². The van der Waals surface area contributed by atoms with Crippen molar-refractivity contribution in [3.63, 3.8) is 0 Å². The van der Waals surface area contributed by atoms with Crippen molar-refractivity contribution in [3.05, 3.63) is 36.5 Å². The molecule has 2 unspecified atom stereocenters. The minimum Gasteiger partial charge on any atom is -0.492 e. The molecular formula is C45H62N8O9. The molecule has 1 aromatic carbocycles. The fraction of sp³-hybridized carbons (Fsp3) is 0.644. The molecule has 62 heavy (non-hydrogen) atoms. The fourth-order valence-corrected chi connectivity index (χ4v) is 9.43. The number of ether oxygens (including phenoxy) is 4. The summed E-state index contributed by atoms with van der Waals surface area (Å²) in [6.07, 6.45) is 4.04. The molecule has 8 rings (SSSR count). The zero-order valence-corrected chi connectivity index (χ0v) is 36.7. The SMILES string of the molecule is CC[C@@H]1C[C@]1(NC(=O)[C@@H]1C[C@@H](Oc2cc(-n3ccc(NC(C)C)n3)nc3cc(OCCN4CCOCC4)ccc23)CN1C(=O)[C@@H](NC(=O)OC1CC2C[C@H]2C1)C(C)(C)C)C(=O)O. The van der Waals surface area contributed by atoms with Crippen molar-refractivity contribution in [2.24, 2.45) is 23.2 Å². The predicted molar refractivity (Wildman–Crippen MR) is 229 cm³/mol. The summed E-state index contributed by atoms with van der Waals surface area (Å²) in [5.41, 5.74) is -1.59. The smallest absolute Gasteiger partial charge is 0.408 e. The summed E-state index contributed by atoms with van der Waals surface area (Å²) in [4.78, 5) is 63.6. The van der Waals surface area contributed by atoms with E-state index in [-0.39, 0.29) is 31.0 Å². The van der Waals surface area contributed by atoms with Crippen LogP contribution in [-0.2, 0) is 23.9 Å². The van der Waals surface area contributed by atoms with Gasteiger partial charge in [0.2, 0.25) is 11.8 Å². The van der Waals surface area contributed by atoms with Crippen LogP contribution >= 0.6 is 0 Å². The van der Waals surface area contributed by atoms with Crippen LogP contribution < -0.4 is 25.4 Å². The number of amides is 3. The van der Waals surface area contributed by atoms with Gasteiger partial charge in [0, 0.05) is 61.9 Å². The van der Waals surface area contributed by atoms with Crippen molar-refractivity contribution < 1.29 is 43.2 Å². The normalized spacial score (nSPS) is 27.4. The molecule has 5 aliphatic rings. The summed E-state index contributed by atoms with van der Waals surface area (Å²) in [5.74, 6) is 1.07. The molecule has 2 aromatic heterocycles. The number of carbonyl (C=O) groups is 4. The molecule has 3 aromatic rings. The van der Waals surface area contributed by atoms with Crippen LogP contribution in [0.25, 0.3) is 16.7 Å². The number of hydrogen-bond donors (Lipinski definition) is 4. The molecule has 4 N–H and O–H groups in total. The minimum atomic E-state index is -1.40. The second kappa shape index (κ2) is 17.5. The van der Waals surface area contributed by atoms with Gasteiger partial charge in [-0.15, -0.1) is 5.10 Å². The fourth-order valence-electron chi connectivity index (χ4n) is 9.43. The van der Waals surface area contributed by atoms with Crippen LogP contribution in [0.1, 0.15) is 80.1 Å². The number of fused-ring (bicyclic) bond motifs is 2. The van der Waals surface area contributed by atoms with Gasteiger partial charge >= 0.3 is 12.1 Å². The Balaban J connectivity index is 1.07. The Kier molecular flexibility index (Phi) is 12.3. The number of carboxylic acids is 1. The molecule has 4 heterocycles. The highest BCUT2D eigenvalue weighted by molar-refractivity contribution is 5.96. The maximum absolute atomic E-state index is 14.8. The number of nitrogens with one attached hydrogen (secondary N) is 3. The zero-order chi connectivity index (χ0) is 43.9. The summed E-state index contributed by atoms with van der Waals surface area (Å²) >= 11 is 0. The highest BCUT2D eigenvalue weighted by atomic mass is 16.6. The molecule has 3 saturated carbocycles. The third-order valence-corrected chi connectivity index (χ3v) is 13.1. The number of hydrogen-bond acceptors (Lipinski definition) is 12. The Morgan fingerprint density at radius 2 is 1.77 bits per heavy atom. The van der Waals surface area contributed by atoms with E-state index in [9.17, 15) is 24.3 Å². The number of carboxylic acid groups (broad SMARTS) is 1. The topological polar surface area (TPSA) is 199 Å². The monoisotopic (exact) mass is 858 g/mol. The quantitative estimate of drug-likeness (QED) is 0.156. The molecule has 336 valence electrons. The molecule has 17 heteroatoms. The number of rotatable bonds is 16. The number of aliphatic carboxylic acids is 1. The first-order valence-electron chi connectivity index (χ1n) is 22.3. The molecule has 3 amide bonds. The second-order valence-corrected chi connectivity index (χ2v) is 19.2. The highest BCUT2D eigenvalue weighted by Gasteiger charge is 2.61. The van der Waals surface area contributed by atoms with E-state index in [4.69, 9.17) is 29.0 Å². The Labute approximate surface area is 362 Å². The summed E-state index contributed by atoms with van der Waals surface area (Å²) in [6.45, 7) is 15.9. The van der Waals surface area contributed by atoms with Crippen molar-refractivity contribution in [1.82, 2.24) is 35.2 Å². The molecule has 0 radical (unpaired) electrons. The van der Waals surface area contributed by atoms with Crippen LogP contribution in [0.15, 0.2) is 36.5 Å². The van der Waals surface area contributed by atoms with Gasteiger partial charge in [-0.2, -0.15) is 0 Å². The van der Waals surface area contributed by atoms with Gasteiger partial charge in [-0.25, -0.2) is 19.3 Å². The molecule has 2 saturated heterocycles. The molecule has 2 aliphatic heterocycles. The van der Waals surface area contributed by atoms with E-state index in [1.165, 1.54) is 11.3 Å². The number of morpholine rings is 1. The maximum atomic E-state index is 14.8. The van der Waals surface area contributed by atoms with Crippen molar-refractivity contribution in [1.29, 1.82) is 0 Å². The average molecular weight is 859 g/mol. The van der Waals surface area contributed by atoms with Gasteiger partial charge in [-0.05, 0) is 74.8 Å². The number of nitrogens with zero attached hydrogens (tertiary/aromatic N) is 5. The summed E-state index contributed by atoms with van der Waals surface area (Å²) < 4.78 is 25.9. The Morgan fingerprint density at radius 3 is 2.45 bits per heavy atom. The van der Waals surface area contributed by atoms with Crippen LogP contribution in [0.5, 0.6) is 11.5 Å². The second-order valence-electron chi connectivity index (χ2n) is 19.2. The summed E-state index contributed by atoms with van der Waals surface area (Å²) in [6, 6.07) is 7.28. The number of pyridine rings is 1. The van der Waals surface area contributed by atoms with E-state index >= 15 is 0 Å². The molecule has 8 atom stereocenters.